The van der Waals surface area contributed by atoms with E-state index in [0.717, 1.165) is 25.9 Å². The van der Waals surface area contributed by atoms with Crippen molar-refractivity contribution in [3.63, 3.8) is 0 Å². The highest BCUT2D eigenvalue weighted by molar-refractivity contribution is 14.1. The van der Waals surface area contributed by atoms with Crippen molar-refractivity contribution in [3.8, 4) is 11.5 Å². The quantitative estimate of drug-likeness (QED) is 0.0880. The van der Waals surface area contributed by atoms with E-state index in [9.17, 15) is 14.9 Å². The fourth-order valence-corrected chi connectivity index (χ4v) is 5.63. The van der Waals surface area contributed by atoms with Crippen molar-refractivity contribution in [1.82, 2.24) is 0 Å². The first-order chi connectivity index (χ1) is 17.3. The van der Waals surface area contributed by atoms with Crippen LogP contribution in [0.2, 0.25) is 0 Å². The molecule has 0 N–H and O–H groups in total. The largest absolute Gasteiger partial charge is 0.490 e. The van der Waals surface area contributed by atoms with E-state index >= 15 is 0 Å². The minimum absolute atomic E-state index is 0.0282. The summed E-state index contributed by atoms with van der Waals surface area (Å²) < 4.78 is 13.2. The number of ether oxygens (including phenoxy) is 2. The van der Waals surface area contributed by atoms with Gasteiger partial charge in [0.05, 0.1) is 25.7 Å². The molecule has 1 aliphatic heterocycles. The standard InChI is InChI=1S/C26H21IN2O5S2/c1-3-33-22-13-18(12-21(27)24(22)34-15-17-7-9-19(10-8-17)29(31)32)14-23-25(30)28(26(35)36-23)20-6-4-5-16(2)11-20/h4-14H,3,15H2,1-2H3/b23-14-. The van der Waals surface area contributed by atoms with Crippen molar-refractivity contribution in [2.45, 2.75) is 20.5 Å². The zero-order valence-corrected chi connectivity index (χ0v) is 23.2. The molecule has 1 aliphatic rings. The molecule has 0 aromatic heterocycles. The van der Waals surface area contributed by atoms with Crippen molar-refractivity contribution in [1.29, 1.82) is 0 Å². The van der Waals surface area contributed by atoms with Gasteiger partial charge in [-0.2, -0.15) is 0 Å². The SMILES string of the molecule is CCOc1cc(/C=C2\SC(=S)N(c3cccc(C)c3)C2=O)cc(I)c1OCc1ccc([N+](=O)[O-])cc1. The average Bonchev–Trinajstić information content (AvgIpc) is 3.11. The molecule has 4 rings (SSSR count). The molecule has 0 spiro atoms. The van der Waals surface area contributed by atoms with E-state index in [1.165, 1.54) is 23.9 Å². The Bertz CT molecular complexity index is 1380. The topological polar surface area (TPSA) is 81.9 Å². The number of halogens is 1. The Kier molecular flexibility index (Phi) is 8.27. The molecule has 10 heteroatoms. The molecule has 1 heterocycles. The Hall–Kier alpha value is -2.96. The van der Waals surface area contributed by atoms with Gasteiger partial charge in [-0.05, 0) is 95.6 Å². The monoisotopic (exact) mass is 632 g/mol. The summed E-state index contributed by atoms with van der Waals surface area (Å²) in [6.07, 6.45) is 1.81. The summed E-state index contributed by atoms with van der Waals surface area (Å²) in [6, 6.07) is 17.6. The lowest BCUT2D eigenvalue weighted by Crippen LogP contribution is -2.27. The first-order valence-corrected chi connectivity index (χ1v) is 13.2. The van der Waals surface area contributed by atoms with Crippen molar-refractivity contribution in [2.75, 3.05) is 11.5 Å². The lowest BCUT2D eigenvalue weighted by molar-refractivity contribution is -0.384. The molecule has 184 valence electrons. The number of nitro groups is 1. The van der Waals surface area contributed by atoms with Gasteiger partial charge in [-0.15, -0.1) is 0 Å². The normalized spacial score (nSPS) is 14.4. The zero-order chi connectivity index (χ0) is 25.8. The molecule has 0 atom stereocenters. The van der Waals surface area contributed by atoms with Crippen LogP contribution in [0.25, 0.3) is 6.08 Å². The van der Waals surface area contributed by atoms with Crippen LogP contribution in [0.4, 0.5) is 11.4 Å². The summed E-state index contributed by atoms with van der Waals surface area (Å²) in [5, 5.41) is 10.9. The molecule has 0 radical (unpaired) electrons. The van der Waals surface area contributed by atoms with Crippen LogP contribution in [0.15, 0.2) is 65.6 Å². The molecule has 3 aromatic carbocycles. The number of non-ortho nitro benzene ring substituents is 1. The molecule has 1 fully saturated rings. The van der Waals surface area contributed by atoms with Crippen LogP contribution in [0.5, 0.6) is 11.5 Å². The molecular weight excluding hydrogens is 611 g/mol. The van der Waals surface area contributed by atoms with Gasteiger partial charge in [-0.25, -0.2) is 0 Å². The molecule has 3 aromatic rings. The Balaban J connectivity index is 1.57. The second-order valence-corrected chi connectivity index (χ2v) is 10.7. The average molecular weight is 633 g/mol. The maximum absolute atomic E-state index is 13.2. The Morgan fingerprint density at radius 1 is 1.14 bits per heavy atom. The van der Waals surface area contributed by atoms with Crippen molar-refractivity contribution in [3.05, 3.63) is 95.9 Å². The van der Waals surface area contributed by atoms with E-state index in [1.807, 2.05) is 50.2 Å². The Labute approximate surface area is 231 Å². The van der Waals surface area contributed by atoms with Crippen LogP contribution in [-0.2, 0) is 11.4 Å². The van der Waals surface area contributed by atoms with Crippen molar-refractivity contribution in [2.24, 2.45) is 0 Å². The molecule has 0 bridgehead atoms. The number of nitro benzene ring substituents is 1. The number of rotatable bonds is 8. The van der Waals surface area contributed by atoms with E-state index in [-0.39, 0.29) is 18.2 Å². The maximum atomic E-state index is 13.2. The molecule has 36 heavy (non-hydrogen) atoms. The second-order valence-electron chi connectivity index (χ2n) is 7.83. The summed E-state index contributed by atoms with van der Waals surface area (Å²) in [5.74, 6) is 0.953. The van der Waals surface area contributed by atoms with E-state index in [2.05, 4.69) is 22.6 Å². The highest BCUT2D eigenvalue weighted by Crippen LogP contribution is 2.39. The third-order valence-corrected chi connectivity index (χ3v) is 7.32. The molecule has 0 saturated carbocycles. The van der Waals surface area contributed by atoms with Crippen LogP contribution in [0.1, 0.15) is 23.6 Å². The molecule has 0 unspecified atom stereocenters. The van der Waals surface area contributed by atoms with Crippen LogP contribution < -0.4 is 14.4 Å². The van der Waals surface area contributed by atoms with Crippen molar-refractivity contribution >= 4 is 74.2 Å². The predicted molar refractivity (Wildman–Crippen MR) is 155 cm³/mol. The predicted octanol–water partition coefficient (Wildman–Crippen LogP) is 6.89. The zero-order valence-electron chi connectivity index (χ0n) is 19.4. The van der Waals surface area contributed by atoms with Gasteiger partial charge in [0.25, 0.3) is 11.6 Å². The molecule has 1 saturated heterocycles. The molecule has 7 nitrogen and oxygen atoms in total. The van der Waals surface area contributed by atoms with Gasteiger partial charge in [0, 0.05) is 12.1 Å². The van der Waals surface area contributed by atoms with Gasteiger partial charge >= 0.3 is 0 Å². The first kappa shape index (κ1) is 26.1. The van der Waals surface area contributed by atoms with E-state index in [0.29, 0.717) is 27.3 Å². The number of carbonyl (C=O) groups is 1. The number of benzene rings is 3. The number of anilines is 1. The van der Waals surface area contributed by atoms with Gasteiger partial charge < -0.3 is 9.47 Å². The number of hydrogen-bond acceptors (Lipinski definition) is 7. The smallest absolute Gasteiger partial charge is 0.270 e. The number of aryl methyl sites for hydroxylation is 1. The van der Waals surface area contributed by atoms with Crippen LogP contribution in [0, 0.1) is 20.6 Å². The lowest BCUT2D eigenvalue weighted by Gasteiger charge is -2.15. The number of thiocarbonyl (C=S) groups is 1. The van der Waals surface area contributed by atoms with Gasteiger partial charge in [0.1, 0.15) is 6.61 Å². The number of hydrogen-bond donors (Lipinski definition) is 0. The second kappa shape index (κ2) is 11.4. The van der Waals surface area contributed by atoms with Crippen LogP contribution in [0.3, 0.4) is 0 Å². The Morgan fingerprint density at radius 2 is 1.89 bits per heavy atom. The third-order valence-electron chi connectivity index (χ3n) is 5.21. The fraction of sp³-hybridized carbons (Fsp3) is 0.154. The number of thioether (sulfide) groups is 1. The molecular formula is C26H21IN2O5S2. The summed E-state index contributed by atoms with van der Waals surface area (Å²) in [7, 11) is 0. The summed E-state index contributed by atoms with van der Waals surface area (Å²) in [4.78, 5) is 25.7. The van der Waals surface area contributed by atoms with Gasteiger partial charge in [0.15, 0.2) is 15.8 Å². The van der Waals surface area contributed by atoms with E-state index in [4.69, 9.17) is 21.7 Å². The number of nitrogens with zero attached hydrogens (tertiary/aromatic N) is 2. The van der Waals surface area contributed by atoms with E-state index in [1.54, 1.807) is 23.1 Å². The summed E-state index contributed by atoms with van der Waals surface area (Å²) in [6.45, 7) is 4.51. The van der Waals surface area contributed by atoms with Crippen LogP contribution in [-0.4, -0.2) is 21.8 Å². The first-order valence-electron chi connectivity index (χ1n) is 10.9. The Morgan fingerprint density at radius 3 is 2.56 bits per heavy atom. The highest BCUT2D eigenvalue weighted by atomic mass is 127. The summed E-state index contributed by atoms with van der Waals surface area (Å²) >= 11 is 8.93. The van der Waals surface area contributed by atoms with Crippen molar-refractivity contribution < 1.29 is 19.2 Å². The van der Waals surface area contributed by atoms with E-state index < -0.39 is 4.92 Å². The highest BCUT2D eigenvalue weighted by Gasteiger charge is 2.33. The van der Waals surface area contributed by atoms with Gasteiger partial charge in [-0.3, -0.25) is 19.8 Å². The minimum atomic E-state index is -0.436. The number of carbonyl (C=O) groups excluding carboxylic acids is 1. The van der Waals surface area contributed by atoms with Gasteiger partial charge in [0.2, 0.25) is 0 Å². The van der Waals surface area contributed by atoms with Gasteiger partial charge in [-0.1, -0.05) is 36.1 Å². The summed E-state index contributed by atoms with van der Waals surface area (Å²) in [5.41, 5.74) is 3.41. The number of amides is 1. The molecule has 0 aliphatic carbocycles. The lowest BCUT2D eigenvalue weighted by atomic mass is 10.1. The third kappa shape index (κ3) is 5.88. The minimum Gasteiger partial charge on any atom is -0.490 e. The van der Waals surface area contributed by atoms with Crippen LogP contribution >= 0.6 is 46.6 Å². The fourth-order valence-electron chi connectivity index (χ4n) is 3.55. The maximum Gasteiger partial charge on any atom is 0.270 e. The molecule has 1 amide bonds.